The molecule has 1 saturated heterocycles. The topological polar surface area (TPSA) is 89.8 Å². The lowest BCUT2D eigenvalue weighted by molar-refractivity contribution is -0.388. The van der Waals surface area contributed by atoms with E-state index in [-0.39, 0.29) is 13.2 Å². The van der Waals surface area contributed by atoms with Crippen molar-refractivity contribution in [3.63, 3.8) is 0 Å². The van der Waals surface area contributed by atoms with E-state index in [4.69, 9.17) is 4.84 Å². The van der Waals surface area contributed by atoms with Crippen molar-refractivity contribution in [3.05, 3.63) is 34.1 Å². The highest BCUT2D eigenvalue weighted by atomic mass is 32.2. The maximum atomic E-state index is 12.9. The fourth-order valence-corrected chi connectivity index (χ4v) is 3.02. The zero-order chi connectivity index (χ0) is 13.3. The summed E-state index contributed by atoms with van der Waals surface area (Å²) >= 11 is 0. The minimum Gasteiger partial charge on any atom is -0.284 e. The Morgan fingerprint density at radius 3 is 2.72 bits per heavy atom. The first-order valence-corrected chi connectivity index (χ1v) is 6.46. The lowest BCUT2D eigenvalue weighted by Gasteiger charge is -2.14. The van der Waals surface area contributed by atoms with E-state index in [0.29, 0.717) is 17.0 Å². The number of hydrogen-bond acceptors (Lipinski definition) is 5. The molecular formula is C9H9FN2O5S. The van der Waals surface area contributed by atoms with Gasteiger partial charge in [-0.15, -0.1) is 0 Å². The minimum absolute atomic E-state index is 0.122. The summed E-state index contributed by atoms with van der Waals surface area (Å²) in [6, 6.07) is 2.30. The monoisotopic (exact) mass is 276 g/mol. The molecule has 7 nitrogen and oxygen atoms in total. The SMILES string of the molecule is O=[N+]([O-])c1cc(F)ccc1S(=O)(=O)N1CCCO1. The van der Waals surface area contributed by atoms with E-state index in [1.165, 1.54) is 0 Å². The van der Waals surface area contributed by atoms with Crippen LogP contribution in [0.1, 0.15) is 6.42 Å². The van der Waals surface area contributed by atoms with Crippen LogP contribution in [0.25, 0.3) is 0 Å². The van der Waals surface area contributed by atoms with Crippen LogP contribution in [-0.2, 0) is 14.9 Å². The summed E-state index contributed by atoms with van der Waals surface area (Å²) in [6.07, 6.45) is 0.508. The molecule has 1 aromatic rings. The molecule has 0 amide bonds. The van der Waals surface area contributed by atoms with E-state index in [1.807, 2.05) is 0 Å². The van der Waals surface area contributed by atoms with Gasteiger partial charge in [-0.05, 0) is 18.6 Å². The smallest absolute Gasteiger partial charge is 0.284 e. The van der Waals surface area contributed by atoms with E-state index >= 15 is 0 Å². The Morgan fingerprint density at radius 1 is 1.44 bits per heavy atom. The molecule has 0 unspecified atom stereocenters. The van der Waals surface area contributed by atoms with Crippen molar-refractivity contribution in [2.45, 2.75) is 11.3 Å². The molecule has 1 aromatic carbocycles. The second-order valence-electron chi connectivity index (χ2n) is 3.59. The molecule has 0 bridgehead atoms. The summed E-state index contributed by atoms with van der Waals surface area (Å²) < 4.78 is 37.7. The molecule has 2 rings (SSSR count). The Kier molecular flexibility index (Phi) is 3.28. The predicted octanol–water partition coefficient (Wildman–Crippen LogP) is 1.06. The van der Waals surface area contributed by atoms with Crippen LogP contribution in [0.3, 0.4) is 0 Å². The van der Waals surface area contributed by atoms with Gasteiger partial charge in [0.15, 0.2) is 4.90 Å². The molecule has 0 spiro atoms. The predicted molar refractivity (Wildman–Crippen MR) is 57.5 cm³/mol. The molecule has 98 valence electrons. The molecule has 0 N–H and O–H groups in total. The Morgan fingerprint density at radius 2 is 2.17 bits per heavy atom. The molecular weight excluding hydrogens is 267 g/mol. The molecule has 1 fully saturated rings. The Bertz CT molecular complexity index is 583. The van der Waals surface area contributed by atoms with Crippen molar-refractivity contribution < 1.29 is 22.6 Å². The first-order valence-electron chi connectivity index (χ1n) is 5.02. The van der Waals surface area contributed by atoms with E-state index in [2.05, 4.69) is 0 Å². The highest BCUT2D eigenvalue weighted by Gasteiger charge is 2.34. The third-order valence-electron chi connectivity index (χ3n) is 2.38. The Labute approximate surface area is 102 Å². The lowest BCUT2D eigenvalue weighted by Crippen LogP contribution is -2.27. The minimum atomic E-state index is -4.13. The summed E-state index contributed by atoms with van der Waals surface area (Å²) in [5.74, 6) is -0.872. The van der Waals surface area contributed by atoms with Crippen LogP contribution in [0.15, 0.2) is 23.1 Å². The van der Waals surface area contributed by atoms with Gasteiger partial charge < -0.3 is 0 Å². The highest BCUT2D eigenvalue weighted by molar-refractivity contribution is 7.89. The number of hydroxylamine groups is 1. The van der Waals surface area contributed by atoms with Gasteiger partial charge in [0.05, 0.1) is 17.6 Å². The molecule has 0 saturated carbocycles. The van der Waals surface area contributed by atoms with E-state index in [0.717, 1.165) is 12.1 Å². The number of sulfonamides is 1. The van der Waals surface area contributed by atoms with E-state index < -0.39 is 31.3 Å². The first kappa shape index (κ1) is 12.9. The number of hydrogen-bond donors (Lipinski definition) is 0. The summed E-state index contributed by atoms with van der Waals surface area (Å²) in [4.78, 5) is 14.1. The third-order valence-corrected chi connectivity index (χ3v) is 4.11. The summed E-state index contributed by atoms with van der Waals surface area (Å²) in [7, 11) is -4.13. The Hall–Kier alpha value is -1.58. The van der Waals surface area contributed by atoms with Crippen molar-refractivity contribution in [3.8, 4) is 0 Å². The zero-order valence-electron chi connectivity index (χ0n) is 9.08. The zero-order valence-corrected chi connectivity index (χ0v) is 9.89. The molecule has 18 heavy (non-hydrogen) atoms. The van der Waals surface area contributed by atoms with Crippen LogP contribution in [0.2, 0.25) is 0 Å². The lowest BCUT2D eigenvalue weighted by atomic mass is 10.3. The van der Waals surface area contributed by atoms with E-state index in [1.54, 1.807) is 0 Å². The van der Waals surface area contributed by atoms with Crippen LogP contribution in [0.4, 0.5) is 10.1 Å². The van der Waals surface area contributed by atoms with Crippen molar-refractivity contribution in [1.82, 2.24) is 4.47 Å². The van der Waals surface area contributed by atoms with Gasteiger partial charge in [-0.1, -0.05) is 4.47 Å². The van der Waals surface area contributed by atoms with Gasteiger partial charge in [0.25, 0.3) is 15.7 Å². The normalized spacial score (nSPS) is 16.9. The second kappa shape index (κ2) is 4.59. The van der Waals surface area contributed by atoms with Crippen molar-refractivity contribution in [1.29, 1.82) is 0 Å². The highest BCUT2D eigenvalue weighted by Crippen LogP contribution is 2.28. The molecule has 1 aliphatic rings. The molecule has 0 atom stereocenters. The molecule has 1 aliphatic heterocycles. The maximum Gasteiger partial charge on any atom is 0.292 e. The average molecular weight is 276 g/mol. The molecule has 0 aromatic heterocycles. The second-order valence-corrected chi connectivity index (χ2v) is 5.38. The van der Waals surface area contributed by atoms with Crippen molar-refractivity contribution >= 4 is 15.7 Å². The number of nitrogens with zero attached hydrogens (tertiary/aromatic N) is 2. The van der Waals surface area contributed by atoms with Gasteiger partial charge in [0, 0.05) is 6.54 Å². The Balaban J connectivity index is 2.53. The van der Waals surface area contributed by atoms with Crippen LogP contribution < -0.4 is 0 Å². The number of nitro groups is 1. The van der Waals surface area contributed by atoms with Gasteiger partial charge in [-0.25, -0.2) is 12.8 Å². The van der Waals surface area contributed by atoms with Crippen LogP contribution in [-0.4, -0.2) is 31.0 Å². The summed E-state index contributed by atoms with van der Waals surface area (Å²) in [6.45, 7) is 0.352. The molecule has 0 aliphatic carbocycles. The molecule has 1 heterocycles. The number of halogens is 1. The van der Waals surface area contributed by atoms with E-state index in [9.17, 15) is 22.9 Å². The quantitative estimate of drug-likeness (QED) is 0.608. The van der Waals surface area contributed by atoms with Crippen molar-refractivity contribution in [2.75, 3.05) is 13.2 Å². The van der Waals surface area contributed by atoms with Gasteiger partial charge in [-0.2, -0.15) is 0 Å². The van der Waals surface area contributed by atoms with Gasteiger partial charge in [0.1, 0.15) is 5.82 Å². The largest absolute Gasteiger partial charge is 0.292 e. The third kappa shape index (κ3) is 2.19. The van der Waals surface area contributed by atoms with Crippen LogP contribution in [0, 0.1) is 15.9 Å². The van der Waals surface area contributed by atoms with Crippen LogP contribution >= 0.6 is 0 Å². The van der Waals surface area contributed by atoms with Gasteiger partial charge >= 0.3 is 0 Å². The first-order chi connectivity index (χ1) is 8.43. The number of rotatable bonds is 3. The van der Waals surface area contributed by atoms with Crippen LogP contribution in [0.5, 0.6) is 0 Å². The number of nitro benzene ring substituents is 1. The number of benzene rings is 1. The maximum absolute atomic E-state index is 12.9. The molecule has 9 heteroatoms. The fourth-order valence-electron chi connectivity index (χ4n) is 1.58. The summed E-state index contributed by atoms with van der Waals surface area (Å²) in [5.41, 5.74) is -0.800. The van der Waals surface area contributed by atoms with Crippen molar-refractivity contribution in [2.24, 2.45) is 0 Å². The summed E-state index contributed by atoms with van der Waals surface area (Å²) in [5, 5.41) is 10.8. The standard InChI is InChI=1S/C9H9FN2O5S/c10-7-2-3-9(8(6-7)12(13)14)18(15,16)11-4-1-5-17-11/h2-3,6H,1,4-5H2. The fraction of sp³-hybridized carbons (Fsp3) is 0.333. The molecule has 0 radical (unpaired) electrons. The average Bonchev–Trinajstić information content (AvgIpc) is 2.82. The van der Waals surface area contributed by atoms with Gasteiger partial charge in [-0.3, -0.25) is 15.0 Å². The van der Waals surface area contributed by atoms with Gasteiger partial charge in [0.2, 0.25) is 0 Å².